The lowest BCUT2D eigenvalue weighted by atomic mass is 10.1. The van der Waals surface area contributed by atoms with Crippen LogP contribution in [0.25, 0.3) is 0 Å². The van der Waals surface area contributed by atoms with Crippen molar-refractivity contribution in [2.24, 2.45) is 0 Å². The third-order valence-corrected chi connectivity index (χ3v) is 5.69. The quantitative estimate of drug-likeness (QED) is 0.470. The number of hydrogen-bond donors (Lipinski definition) is 2. The number of carbonyl (C=O) groups is 2. The third-order valence-electron chi connectivity index (χ3n) is 4.38. The lowest BCUT2D eigenvalue weighted by molar-refractivity contribution is -0.113. The molecule has 0 saturated heterocycles. The summed E-state index contributed by atoms with van der Waals surface area (Å²) in [6.07, 6.45) is 0. The second-order valence-corrected chi connectivity index (χ2v) is 8.10. The Hall–Kier alpha value is -3.03. The molecule has 3 aromatic rings. The number of ether oxygens (including phenoxy) is 1. The van der Waals surface area contributed by atoms with E-state index in [-0.39, 0.29) is 17.6 Å². The molecule has 8 heteroatoms. The SMILES string of the molecule is COc1ccccc1NC(=O)c1c(C)cc(C)nc1SCC(=O)Nc1ccccc1Cl. The highest BCUT2D eigenvalue weighted by Crippen LogP contribution is 2.28. The highest BCUT2D eigenvalue weighted by atomic mass is 35.5. The molecule has 31 heavy (non-hydrogen) atoms. The number of pyridine rings is 1. The lowest BCUT2D eigenvalue weighted by Crippen LogP contribution is -2.18. The molecule has 2 N–H and O–H groups in total. The molecule has 1 heterocycles. The summed E-state index contributed by atoms with van der Waals surface area (Å²) in [7, 11) is 1.54. The van der Waals surface area contributed by atoms with Crippen LogP contribution in [0, 0.1) is 13.8 Å². The smallest absolute Gasteiger partial charge is 0.258 e. The van der Waals surface area contributed by atoms with Crippen molar-refractivity contribution in [3.05, 3.63) is 76.4 Å². The van der Waals surface area contributed by atoms with Crippen molar-refractivity contribution >= 4 is 46.6 Å². The first kappa shape index (κ1) is 22.7. The Balaban J connectivity index is 1.78. The molecule has 0 aliphatic carbocycles. The van der Waals surface area contributed by atoms with E-state index in [1.807, 2.05) is 32.0 Å². The number of hydrogen-bond acceptors (Lipinski definition) is 5. The summed E-state index contributed by atoms with van der Waals surface area (Å²) in [6, 6.07) is 16.0. The monoisotopic (exact) mass is 455 g/mol. The van der Waals surface area contributed by atoms with Crippen LogP contribution in [-0.4, -0.2) is 29.7 Å². The van der Waals surface area contributed by atoms with Crippen LogP contribution < -0.4 is 15.4 Å². The number of methoxy groups -OCH3 is 1. The molecule has 160 valence electrons. The zero-order chi connectivity index (χ0) is 22.4. The molecule has 2 aromatic carbocycles. The van der Waals surface area contributed by atoms with Crippen molar-refractivity contribution in [1.82, 2.24) is 4.98 Å². The van der Waals surface area contributed by atoms with Crippen LogP contribution >= 0.6 is 23.4 Å². The summed E-state index contributed by atoms with van der Waals surface area (Å²) in [5.74, 6) is 0.0799. The van der Waals surface area contributed by atoms with Crippen LogP contribution in [0.3, 0.4) is 0 Å². The molecule has 0 saturated carbocycles. The maximum Gasteiger partial charge on any atom is 0.258 e. The molecule has 0 atom stereocenters. The van der Waals surface area contributed by atoms with Gasteiger partial charge in [-0.3, -0.25) is 9.59 Å². The molecule has 0 radical (unpaired) electrons. The molecule has 3 rings (SSSR count). The first-order chi connectivity index (χ1) is 14.9. The van der Waals surface area contributed by atoms with E-state index in [0.717, 1.165) is 11.3 Å². The van der Waals surface area contributed by atoms with Crippen LogP contribution in [0.1, 0.15) is 21.6 Å². The van der Waals surface area contributed by atoms with E-state index < -0.39 is 0 Å². The number of amides is 2. The molecule has 0 aliphatic rings. The van der Waals surface area contributed by atoms with Gasteiger partial charge in [0, 0.05) is 5.69 Å². The van der Waals surface area contributed by atoms with Gasteiger partial charge in [-0.05, 0) is 49.7 Å². The standard InChI is InChI=1S/C23H22ClN3O3S/c1-14-12-15(2)25-23(31-13-20(28)26-17-9-5-4-8-16(17)24)21(14)22(29)27-18-10-6-7-11-19(18)30-3/h4-12H,13H2,1-3H3,(H,26,28)(H,27,29). The van der Waals surface area contributed by atoms with Gasteiger partial charge >= 0.3 is 0 Å². The number of halogens is 1. The first-order valence-electron chi connectivity index (χ1n) is 9.49. The van der Waals surface area contributed by atoms with E-state index in [4.69, 9.17) is 16.3 Å². The fourth-order valence-electron chi connectivity index (χ4n) is 3.00. The van der Waals surface area contributed by atoms with Crippen molar-refractivity contribution in [1.29, 1.82) is 0 Å². The lowest BCUT2D eigenvalue weighted by Gasteiger charge is -2.14. The fraction of sp³-hybridized carbons (Fsp3) is 0.174. The summed E-state index contributed by atoms with van der Waals surface area (Å²) >= 11 is 7.30. The van der Waals surface area contributed by atoms with E-state index in [9.17, 15) is 9.59 Å². The third kappa shape index (κ3) is 5.77. The van der Waals surface area contributed by atoms with Gasteiger partial charge in [-0.25, -0.2) is 4.98 Å². The molecular formula is C23H22ClN3O3S. The second kappa shape index (κ2) is 10.3. The van der Waals surface area contributed by atoms with Gasteiger partial charge in [-0.2, -0.15) is 0 Å². The van der Waals surface area contributed by atoms with Gasteiger partial charge in [0.15, 0.2) is 0 Å². The van der Waals surface area contributed by atoms with Gasteiger partial charge in [0.2, 0.25) is 5.91 Å². The Morgan fingerprint density at radius 1 is 1.03 bits per heavy atom. The Kier molecular flexibility index (Phi) is 7.55. The largest absolute Gasteiger partial charge is 0.495 e. The predicted octanol–water partition coefficient (Wildman–Crippen LogP) is 5.34. The molecule has 0 fully saturated rings. The zero-order valence-electron chi connectivity index (χ0n) is 17.4. The minimum absolute atomic E-state index is 0.0794. The van der Waals surface area contributed by atoms with Crippen LogP contribution in [-0.2, 0) is 4.79 Å². The number of carbonyl (C=O) groups excluding carboxylic acids is 2. The van der Waals surface area contributed by atoms with Crippen LogP contribution in [0.15, 0.2) is 59.6 Å². The van der Waals surface area contributed by atoms with Crippen LogP contribution in [0.4, 0.5) is 11.4 Å². The highest BCUT2D eigenvalue weighted by molar-refractivity contribution is 8.00. The second-order valence-electron chi connectivity index (χ2n) is 6.73. The Bertz CT molecular complexity index is 1120. The minimum Gasteiger partial charge on any atom is -0.495 e. The molecule has 0 aliphatic heterocycles. The minimum atomic E-state index is -0.316. The van der Waals surface area contributed by atoms with Crippen molar-refractivity contribution in [3.8, 4) is 5.75 Å². The first-order valence-corrected chi connectivity index (χ1v) is 10.8. The van der Waals surface area contributed by atoms with Gasteiger partial charge < -0.3 is 15.4 Å². The molecule has 0 unspecified atom stereocenters. The number of nitrogens with zero attached hydrogens (tertiary/aromatic N) is 1. The highest BCUT2D eigenvalue weighted by Gasteiger charge is 2.19. The Labute approximate surface area is 190 Å². The number of benzene rings is 2. The van der Waals surface area contributed by atoms with Crippen LogP contribution in [0.2, 0.25) is 5.02 Å². The topological polar surface area (TPSA) is 80.3 Å². The molecule has 0 spiro atoms. The molecular weight excluding hydrogens is 434 g/mol. The Morgan fingerprint density at radius 3 is 2.42 bits per heavy atom. The number of anilines is 2. The number of aromatic nitrogens is 1. The predicted molar refractivity (Wildman–Crippen MR) is 125 cm³/mol. The molecule has 6 nitrogen and oxygen atoms in total. The van der Waals surface area contributed by atoms with Gasteiger partial charge in [0.05, 0.1) is 34.8 Å². The van der Waals surface area contributed by atoms with Crippen LogP contribution in [0.5, 0.6) is 5.75 Å². The average molecular weight is 456 g/mol. The number of rotatable bonds is 7. The summed E-state index contributed by atoms with van der Waals surface area (Å²) in [5.41, 5.74) is 3.06. The van der Waals surface area contributed by atoms with E-state index in [2.05, 4.69) is 15.6 Å². The fourth-order valence-corrected chi connectivity index (χ4v) is 4.13. The van der Waals surface area contributed by atoms with Crippen molar-refractivity contribution < 1.29 is 14.3 Å². The van der Waals surface area contributed by atoms with Crippen molar-refractivity contribution in [2.75, 3.05) is 23.5 Å². The Morgan fingerprint density at radius 2 is 1.71 bits per heavy atom. The normalized spacial score (nSPS) is 10.5. The molecule has 0 bridgehead atoms. The van der Waals surface area contributed by atoms with Gasteiger partial charge in [-0.1, -0.05) is 47.6 Å². The van der Waals surface area contributed by atoms with E-state index in [1.165, 1.54) is 11.8 Å². The number of nitrogens with one attached hydrogen (secondary N) is 2. The number of aryl methyl sites for hydroxylation is 2. The van der Waals surface area contributed by atoms with Crippen molar-refractivity contribution in [2.45, 2.75) is 18.9 Å². The van der Waals surface area contributed by atoms with Gasteiger partial charge in [0.25, 0.3) is 5.91 Å². The maximum absolute atomic E-state index is 13.1. The van der Waals surface area contributed by atoms with E-state index in [1.54, 1.807) is 43.5 Å². The average Bonchev–Trinajstić information content (AvgIpc) is 2.73. The van der Waals surface area contributed by atoms with E-state index >= 15 is 0 Å². The number of thioether (sulfide) groups is 1. The summed E-state index contributed by atoms with van der Waals surface area (Å²) in [5, 5.41) is 6.60. The zero-order valence-corrected chi connectivity index (χ0v) is 18.9. The van der Waals surface area contributed by atoms with Crippen molar-refractivity contribution in [3.63, 3.8) is 0 Å². The van der Waals surface area contributed by atoms with Gasteiger partial charge in [0.1, 0.15) is 10.8 Å². The summed E-state index contributed by atoms with van der Waals surface area (Å²) < 4.78 is 5.31. The van der Waals surface area contributed by atoms with Gasteiger partial charge in [-0.15, -0.1) is 0 Å². The molecule has 2 amide bonds. The maximum atomic E-state index is 13.1. The molecule has 1 aromatic heterocycles. The summed E-state index contributed by atoms with van der Waals surface area (Å²) in [4.78, 5) is 30.0. The summed E-state index contributed by atoms with van der Waals surface area (Å²) in [6.45, 7) is 3.70. The van der Waals surface area contributed by atoms with E-state index in [0.29, 0.717) is 32.7 Å². The number of para-hydroxylation sites is 3.